The Morgan fingerprint density at radius 2 is 1.89 bits per heavy atom. The van der Waals surface area contributed by atoms with Crippen molar-refractivity contribution in [2.45, 2.75) is 57.5 Å². The molecule has 2 saturated heterocycles. The van der Waals surface area contributed by atoms with Gasteiger partial charge in [0.25, 0.3) is 0 Å². The first kappa shape index (κ1) is 15.3. The maximum absolute atomic E-state index is 11.3. The summed E-state index contributed by atoms with van der Waals surface area (Å²) in [7, 11) is -2.72. The Labute approximate surface area is 117 Å². The van der Waals surface area contributed by atoms with E-state index in [9.17, 15) is 8.42 Å². The van der Waals surface area contributed by atoms with E-state index in [1.54, 1.807) is 0 Å². The van der Waals surface area contributed by atoms with Crippen LogP contribution in [0, 0.1) is 0 Å². The van der Waals surface area contributed by atoms with Crippen molar-refractivity contribution in [3.05, 3.63) is 0 Å². The summed E-state index contributed by atoms with van der Waals surface area (Å²) in [6.07, 6.45) is 6.83. The molecule has 19 heavy (non-hydrogen) atoms. The molecule has 2 aliphatic rings. The maximum Gasteiger partial charge on any atom is 0.150 e. The van der Waals surface area contributed by atoms with E-state index in [0.717, 1.165) is 25.4 Å². The van der Waals surface area contributed by atoms with Crippen LogP contribution < -0.4 is 5.32 Å². The lowest BCUT2D eigenvalue weighted by molar-refractivity contribution is 0.158. The number of rotatable bonds is 5. The van der Waals surface area contributed by atoms with Gasteiger partial charge in [0, 0.05) is 12.1 Å². The molecule has 112 valence electrons. The van der Waals surface area contributed by atoms with Crippen molar-refractivity contribution in [2.75, 3.05) is 31.1 Å². The molecule has 4 nitrogen and oxygen atoms in total. The highest BCUT2D eigenvalue weighted by Gasteiger charge is 2.23. The van der Waals surface area contributed by atoms with Crippen molar-refractivity contribution in [3.63, 3.8) is 0 Å². The highest BCUT2D eigenvalue weighted by molar-refractivity contribution is 7.91. The molecule has 0 aromatic rings. The molecule has 1 N–H and O–H groups in total. The van der Waals surface area contributed by atoms with Gasteiger partial charge in [-0.25, -0.2) is 8.42 Å². The van der Waals surface area contributed by atoms with Crippen LogP contribution in [0.2, 0.25) is 0 Å². The monoisotopic (exact) mass is 288 g/mol. The van der Waals surface area contributed by atoms with Crippen LogP contribution in [0.1, 0.15) is 45.4 Å². The summed E-state index contributed by atoms with van der Waals surface area (Å²) in [5, 5.41) is 3.52. The summed E-state index contributed by atoms with van der Waals surface area (Å²) < 4.78 is 22.7. The fourth-order valence-electron chi connectivity index (χ4n) is 3.17. The summed E-state index contributed by atoms with van der Waals surface area (Å²) in [5.74, 6) is 0.738. The van der Waals surface area contributed by atoms with Crippen LogP contribution in [-0.2, 0) is 9.84 Å². The van der Waals surface area contributed by atoms with Gasteiger partial charge in [-0.3, -0.25) is 0 Å². The van der Waals surface area contributed by atoms with Gasteiger partial charge in [0.15, 0.2) is 0 Å². The minimum Gasteiger partial charge on any atom is -0.314 e. The molecule has 0 aromatic carbocycles. The molecule has 2 fully saturated rings. The van der Waals surface area contributed by atoms with Crippen LogP contribution in [0.5, 0.6) is 0 Å². The van der Waals surface area contributed by atoms with Gasteiger partial charge in [-0.15, -0.1) is 0 Å². The average molecular weight is 288 g/mol. The highest BCUT2D eigenvalue weighted by atomic mass is 32.2. The predicted molar refractivity (Wildman–Crippen MR) is 79.2 cm³/mol. The first-order valence-corrected chi connectivity index (χ1v) is 9.57. The lowest BCUT2D eigenvalue weighted by Crippen LogP contribution is -2.41. The van der Waals surface area contributed by atoms with E-state index in [-0.39, 0.29) is 0 Å². The first-order valence-electron chi connectivity index (χ1n) is 7.75. The van der Waals surface area contributed by atoms with E-state index >= 15 is 0 Å². The Morgan fingerprint density at radius 1 is 1.16 bits per heavy atom. The van der Waals surface area contributed by atoms with Gasteiger partial charge < -0.3 is 10.2 Å². The van der Waals surface area contributed by atoms with Crippen LogP contribution in [0.4, 0.5) is 0 Å². The van der Waals surface area contributed by atoms with Crippen LogP contribution in [0.15, 0.2) is 0 Å². The molecule has 0 radical (unpaired) electrons. The summed E-state index contributed by atoms with van der Waals surface area (Å²) in [5.41, 5.74) is 0. The third-order valence-electron chi connectivity index (χ3n) is 4.55. The SMILES string of the molecule is CC1CCCCN1CCCNC1CCS(=O)(=O)CC1. The molecule has 0 aromatic heterocycles. The normalized spacial score (nSPS) is 29.4. The van der Waals surface area contributed by atoms with Gasteiger partial charge in [-0.05, 0) is 58.7 Å². The molecule has 0 spiro atoms. The Hall–Kier alpha value is -0.130. The summed E-state index contributed by atoms with van der Waals surface area (Å²) >= 11 is 0. The zero-order valence-electron chi connectivity index (χ0n) is 12.1. The third kappa shape index (κ3) is 5.04. The molecule has 0 saturated carbocycles. The van der Waals surface area contributed by atoms with Crippen LogP contribution in [-0.4, -0.2) is 56.5 Å². The molecule has 2 rings (SSSR count). The highest BCUT2D eigenvalue weighted by Crippen LogP contribution is 2.16. The minimum atomic E-state index is -2.72. The first-order chi connectivity index (χ1) is 9.07. The zero-order chi connectivity index (χ0) is 13.7. The van der Waals surface area contributed by atoms with Crippen molar-refractivity contribution in [1.82, 2.24) is 10.2 Å². The fraction of sp³-hybridized carbons (Fsp3) is 1.00. The van der Waals surface area contributed by atoms with E-state index in [4.69, 9.17) is 0 Å². The maximum atomic E-state index is 11.3. The summed E-state index contributed by atoms with van der Waals surface area (Å²) in [6, 6.07) is 1.16. The van der Waals surface area contributed by atoms with Gasteiger partial charge in [-0.1, -0.05) is 6.42 Å². The summed E-state index contributed by atoms with van der Waals surface area (Å²) in [6.45, 7) is 5.79. The van der Waals surface area contributed by atoms with Crippen molar-refractivity contribution in [1.29, 1.82) is 0 Å². The number of hydrogen-bond acceptors (Lipinski definition) is 4. The Balaban J connectivity index is 1.57. The lowest BCUT2D eigenvalue weighted by atomic mass is 10.0. The molecular weight excluding hydrogens is 260 g/mol. The van der Waals surface area contributed by atoms with E-state index < -0.39 is 9.84 Å². The number of hydrogen-bond donors (Lipinski definition) is 1. The van der Waals surface area contributed by atoms with Gasteiger partial charge >= 0.3 is 0 Å². The van der Waals surface area contributed by atoms with Crippen LogP contribution in [0.25, 0.3) is 0 Å². The van der Waals surface area contributed by atoms with Gasteiger partial charge in [0.05, 0.1) is 11.5 Å². The minimum absolute atomic E-state index is 0.369. The smallest absolute Gasteiger partial charge is 0.150 e. The predicted octanol–water partition coefficient (Wildman–Crippen LogP) is 1.42. The standard InChI is InChI=1S/C14H28N2O2S/c1-13-5-2-3-9-16(13)10-4-8-15-14-6-11-19(17,18)12-7-14/h13-15H,2-12H2,1H3. The van der Waals surface area contributed by atoms with Crippen molar-refractivity contribution in [3.8, 4) is 0 Å². The number of likely N-dealkylation sites (tertiary alicyclic amines) is 1. The van der Waals surface area contributed by atoms with Crippen LogP contribution >= 0.6 is 0 Å². The van der Waals surface area contributed by atoms with Crippen molar-refractivity contribution < 1.29 is 8.42 Å². The number of nitrogens with one attached hydrogen (secondary N) is 1. The number of nitrogens with zero attached hydrogens (tertiary/aromatic N) is 1. The van der Waals surface area contributed by atoms with Gasteiger partial charge in [-0.2, -0.15) is 0 Å². The Kier molecular flexibility index (Phi) is 5.66. The van der Waals surface area contributed by atoms with E-state index in [2.05, 4.69) is 17.1 Å². The topological polar surface area (TPSA) is 49.4 Å². The van der Waals surface area contributed by atoms with E-state index in [1.165, 1.54) is 38.8 Å². The quantitative estimate of drug-likeness (QED) is 0.777. The number of sulfone groups is 1. The largest absolute Gasteiger partial charge is 0.314 e. The van der Waals surface area contributed by atoms with E-state index in [0.29, 0.717) is 17.5 Å². The Bertz CT molecular complexity index is 356. The lowest BCUT2D eigenvalue weighted by Gasteiger charge is -2.33. The zero-order valence-corrected chi connectivity index (χ0v) is 12.9. The molecule has 5 heteroatoms. The van der Waals surface area contributed by atoms with Crippen molar-refractivity contribution in [2.24, 2.45) is 0 Å². The second-order valence-electron chi connectivity index (χ2n) is 6.11. The molecule has 2 heterocycles. The second kappa shape index (κ2) is 7.04. The number of piperidine rings is 1. The second-order valence-corrected chi connectivity index (χ2v) is 8.42. The van der Waals surface area contributed by atoms with Crippen LogP contribution in [0.3, 0.4) is 0 Å². The summed E-state index contributed by atoms with van der Waals surface area (Å²) in [4.78, 5) is 2.59. The molecule has 0 bridgehead atoms. The molecule has 0 amide bonds. The molecule has 2 aliphatic heterocycles. The average Bonchev–Trinajstić information content (AvgIpc) is 2.38. The van der Waals surface area contributed by atoms with Gasteiger partial charge in [0.1, 0.15) is 9.84 Å². The molecule has 1 unspecified atom stereocenters. The third-order valence-corrected chi connectivity index (χ3v) is 6.27. The Morgan fingerprint density at radius 3 is 2.58 bits per heavy atom. The molecule has 0 aliphatic carbocycles. The molecule has 1 atom stereocenters. The van der Waals surface area contributed by atoms with Gasteiger partial charge in [0.2, 0.25) is 0 Å². The fourth-order valence-corrected chi connectivity index (χ4v) is 4.66. The van der Waals surface area contributed by atoms with Crippen molar-refractivity contribution >= 4 is 9.84 Å². The molecular formula is C14H28N2O2S. The van der Waals surface area contributed by atoms with E-state index in [1.807, 2.05) is 0 Å².